The van der Waals surface area contributed by atoms with Crippen molar-refractivity contribution in [1.82, 2.24) is 9.80 Å². The highest BCUT2D eigenvalue weighted by Crippen LogP contribution is 2.34. The van der Waals surface area contributed by atoms with Gasteiger partial charge in [0.05, 0.1) is 17.7 Å². The van der Waals surface area contributed by atoms with Crippen molar-refractivity contribution in [1.29, 1.82) is 0 Å². The number of hydrogen-bond acceptors (Lipinski definition) is 7. The summed E-state index contributed by atoms with van der Waals surface area (Å²) in [6.07, 6.45) is -0.261. The molecule has 2 aliphatic heterocycles. The monoisotopic (exact) mass is 526 g/mol. The minimum atomic E-state index is -0.478. The van der Waals surface area contributed by atoms with Gasteiger partial charge in [-0.25, -0.2) is 4.79 Å². The van der Waals surface area contributed by atoms with E-state index in [4.69, 9.17) is 18.9 Å². The lowest BCUT2D eigenvalue weighted by Crippen LogP contribution is -2.48. The molecule has 0 aromatic heterocycles. The number of methoxy groups -OCH3 is 1. The van der Waals surface area contributed by atoms with Gasteiger partial charge in [0.1, 0.15) is 12.4 Å². The predicted molar refractivity (Wildman–Crippen MR) is 141 cm³/mol. The number of urea groups is 1. The van der Waals surface area contributed by atoms with Crippen LogP contribution in [-0.2, 0) is 9.53 Å². The number of ether oxygens (including phenoxy) is 4. The number of hydrogen-bond donors (Lipinski definition) is 2. The van der Waals surface area contributed by atoms with Gasteiger partial charge < -0.3 is 39.4 Å². The highest BCUT2D eigenvalue weighted by atomic mass is 16.7. The number of anilines is 2. The summed E-state index contributed by atoms with van der Waals surface area (Å²) in [5, 5.41) is 5.52. The molecule has 0 unspecified atom stereocenters. The molecule has 0 bridgehead atoms. The van der Waals surface area contributed by atoms with E-state index in [-0.39, 0.29) is 43.3 Å². The molecule has 4 rings (SSSR count). The molecule has 0 spiro atoms. The smallest absolute Gasteiger partial charge is 0.323 e. The van der Waals surface area contributed by atoms with E-state index in [9.17, 15) is 14.4 Å². The third-order valence-electron chi connectivity index (χ3n) is 6.74. The van der Waals surface area contributed by atoms with Crippen LogP contribution in [0.2, 0.25) is 0 Å². The molecule has 204 valence electrons. The summed E-state index contributed by atoms with van der Waals surface area (Å²) in [5.74, 6) is 1.17. The summed E-state index contributed by atoms with van der Waals surface area (Å²) in [6, 6.07) is 9.24. The molecule has 0 fully saturated rings. The molecule has 11 heteroatoms. The molecular formula is C27H34N4O7. The molecule has 11 nitrogen and oxygen atoms in total. The van der Waals surface area contributed by atoms with Gasteiger partial charge in [-0.1, -0.05) is 6.92 Å². The third-order valence-corrected chi connectivity index (χ3v) is 6.74. The maximum atomic E-state index is 13.3. The van der Waals surface area contributed by atoms with Crippen molar-refractivity contribution in [2.24, 2.45) is 5.92 Å². The standard InChI is InChI=1S/C27H34N4O7/c1-16-12-31(18(3)32)17(2)14-36-23-10-19(6-8-21(23)26(33)30(4)13-25(16)35-5)28-27(34)29-20-7-9-22-24(11-20)38-15-37-22/h6-11,16-17,25H,12-15H2,1-5H3,(H2,28,29,34)/t16-,17-,25-/m1/s1. The van der Waals surface area contributed by atoms with E-state index < -0.39 is 6.03 Å². The van der Waals surface area contributed by atoms with Crippen LogP contribution in [0, 0.1) is 5.92 Å². The van der Waals surface area contributed by atoms with E-state index in [0.717, 1.165) is 0 Å². The van der Waals surface area contributed by atoms with E-state index >= 15 is 0 Å². The van der Waals surface area contributed by atoms with Gasteiger partial charge in [0.25, 0.3) is 5.91 Å². The molecule has 38 heavy (non-hydrogen) atoms. The molecule has 2 N–H and O–H groups in total. The van der Waals surface area contributed by atoms with Gasteiger partial charge in [0.2, 0.25) is 12.7 Å². The van der Waals surface area contributed by atoms with E-state index in [1.165, 1.54) is 6.92 Å². The zero-order valence-electron chi connectivity index (χ0n) is 22.3. The van der Waals surface area contributed by atoms with E-state index in [0.29, 0.717) is 47.3 Å². The van der Waals surface area contributed by atoms with E-state index in [2.05, 4.69) is 10.6 Å². The molecule has 2 aromatic rings. The maximum absolute atomic E-state index is 13.3. The summed E-state index contributed by atoms with van der Waals surface area (Å²) >= 11 is 0. The first-order valence-corrected chi connectivity index (χ1v) is 12.5. The minimum Gasteiger partial charge on any atom is -0.491 e. The Bertz CT molecular complexity index is 1200. The predicted octanol–water partition coefficient (Wildman–Crippen LogP) is 3.41. The average molecular weight is 527 g/mol. The number of fused-ring (bicyclic) bond motifs is 2. The van der Waals surface area contributed by atoms with Crippen LogP contribution in [0.5, 0.6) is 17.2 Å². The highest BCUT2D eigenvalue weighted by Gasteiger charge is 2.29. The van der Waals surface area contributed by atoms with Crippen molar-refractivity contribution in [2.45, 2.75) is 32.9 Å². The molecule has 0 saturated heterocycles. The van der Waals surface area contributed by atoms with Crippen molar-refractivity contribution in [3.8, 4) is 17.2 Å². The molecule has 4 amide bonds. The van der Waals surface area contributed by atoms with Gasteiger partial charge in [-0.2, -0.15) is 0 Å². The molecule has 2 aliphatic rings. The largest absolute Gasteiger partial charge is 0.491 e. The fourth-order valence-corrected chi connectivity index (χ4v) is 4.56. The molecule has 0 aliphatic carbocycles. The molecule has 0 saturated carbocycles. The second-order valence-electron chi connectivity index (χ2n) is 9.63. The van der Waals surface area contributed by atoms with E-state index in [1.54, 1.807) is 60.4 Å². The van der Waals surface area contributed by atoms with Crippen LogP contribution in [-0.4, -0.2) is 80.4 Å². The molecule has 2 heterocycles. The van der Waals surface area contributed by atoms with Crippen LogP contribution in [0.1, 0.15) is 31.1 Å². The van der Waals surface area contributed by atoms with Gasteiger partial charge in [-0.05, 0) is 31.2 Å². The van der Waals surface area contributed by atoms with Gasteiger partial charge >= 0.3 is 6.03 Å². The summed E-state index contributed by atoms with van der Waals surface area (Å²) in [5.41, 5.74) is 1.31. The van der Waals surface area contributed by atoms with Gasteiger partial charge in [0.15, 0.2) is 11.5 Å². The van der Waals surface area contributed by atoms with Crippen LogP contribution in [0.25, 0.3) is 0 Å². The summed E-state index contributed by atoms with van der Waals surface area (Å²) in [7, 11) is 3.31. The van der Waals surface area contributed by atoms with Crippen LogP contribution >= 0.6 is 0 Å². The lowest BCUT2D eigenvalue weighted by molar-refractivity contribution is -0.133. The van der Waals surface area contributed by atoms with Crippen LogP contribution in [0.4, 0.5) is 16.2 Å². The third kappa shape index (κ3) is 6.10. The Morgan fingerprint density at radius 1 is 0.947 bits per heavy atom. The normalized spacial score (nSPS) is 21.5. The number of carbonyl (C=O) groups is 3. The molecule has 3 atom stereocenters. The number of carbonyl (C=O) groups excluding carboxylic acids is 3. The Hall–Kier alpha value is -3.99. The lowest BCUT2D eigenvalue weighted by atomic mass is 10.0. The van der Waals surface area contributed by atoms with Crippen molar-refractivity contribution in [3.05, 3.63) is 42.0 Å². The Morgan fingerprint density at radius 3 is 2.29 bits per heavy atom. The number of amides is 4. The topological polar surface area (TPSA) is 119 Å². The summed E-state index contributed by atoms with van der Waals surface area (Å²) in [4.78, 5) is 41.8. The van der Waals surface area contributed by atoms with Gasteiger partial charge in [-0.15, -0.1) is 0 Å². The number of nitrogens with zero attached hydrogens (tertiary/aromatic N) is 2. The zero-order valence-corrected chi connectivity index (χ0v) is 22.3. The fraction of sp³-hybridized carbons (Fsp3) is 0.444. The first-order valence-electron chi connectivity index (χ1n) is 12.5. The second kappa shape index (κ2) is 11.6. The van der Waals surface area contributed by atoms with Crippen LogP contribution < -0.4 is 24.8 Å². The summed E-state index contributed by atoms with van der Waals surface area (Å²) < 4.78 is 22.4. The van der Waals surface area contributed by atoms with Gasteiger partial charge in [0, 0.05) is 63.6 Å². The molecule has 0 radical (unpaired) electrons. The minimum absolute atomic E-state index is 0.00431. The van der Waals surface area contributed by atoms with E-state index in [1.807, 2.05) is 13.8 Å². The Kier molecular flexibility index (Phi) is 8.26. The highest BCUT2D eigenvalue weighted by molar-refractivity contribution is 6.01. The first kappa shape index (κ1) is 27.1. The van der Waals surface area contributed by atoms with Crippen LogP contribution in [0.15, 0.2) is 36.4 Å². The Labute approximate surface area is 222 Å². The molecular weight excluding hydrogens is 492 g/mol. The van der Waals surface area contributed by atoms with Crippen molar-refractivity contribution in [2.75, 3.05) is 51.3 Å². The average Bonchev–Trinajstić information content (AvgIpc) is 3.35. The number of benzene rings is 2. The van der Waals surface area contributed by atoms with Crippen molar-refractivity contribution < 1.29 is 33.3 Å². The van der Waals surface area contributed by atoms with Crippen molar-refractivity contribution >= 4 is 29.2 Å². The lowest BCUT2D eigenvalue weighted by Gasteiger charge is -2.35. The van der Waals surface area contributed by atoms with Gasteiger partial charge in [-0.3, -0.25) is 9.59 Å². The Morgan fingerprint density at radius 2 is 1.61 bits per heavy atom. The number of rotatable bonds is 3. The zero-order chi connectivity index (χ0) is 27.4. The fourth-order valence-electron chi connectivity index (χ4n) is 4.56. The number of likely N-dealkylation sites (N-methyl/N-ethyl adjacent to an activating group) is 1. The summed E-state index contributed by atoms with van der Waals surface area (Å²) in [6.45, 7) is 6.55. The maximum Gasteiger partial charge on any atom is 0.323 e. The number of nitrogens with one attached hydrogen (secondary N) is 2. The molecule has 2 aromatic carbocycles. The van der Waals surface area contributed by atoms with Crippen LogP contribution in [0.3, 0.4) is 0 Å². The Balaban J connectivity index is 1.55. The second-order valence-corrected chi connectivity index (χ2v) is 9.63. The quantitative estimate of drug-likeness (QED) is 0.629. The van der Waals surface area contributed by atoms with Crippen molar-refractivity contribution in [3.63, 3.8) is 0 Å². The first-order chi connectivity index (χ1) is 18.2. The SMILES string of the molecule is CO[C@@H]1CN(C)C(=O)c2ccc(NC(=O)Nc3ccc4c(c3)OCO4)cc2OC[C@@H](C)N(C(C)=O)C[C@H]1C.